The van der Waals surface area contributed by atoms with Crippen LogP contribution in [0.2, 0.25) is 0 Å². The summed E-state index contributed by atoms with van der Waals surface area (Å²) < 4.78 is 24.9. The summed E-state index contributed by atoms with van der Waals surface area (Å²) >= 11 is 6.78. The van der Waals surface area contributed by atoms with Gasteiger partial charge in [0.25, 0.3) is 0 Å². The second-order valence-corrected chi connectivity index (χ2v) is 14.2. The number of nitrogens with zero attached hydrogens (tertiary/aromatic N) is 1. The Morgan fingerprint density at radius 1 is 0.820 bits per heavy atom. The second kappa shape index (κ2) is 16.6. The largest absolute Gasteiger partial charge is 0.493 e. The number of Topliss-reactive ketones (excluding diaryl/α,β-unsaturated/α-hetero) is 1. The molecule has 6 rings (SSSR count). The van der Waals surface area contributed by atoms with Gasteiger partial charge < -0.3 is 18.9 Å². The van der Waals surface area contributed by atoms with Crippen LogP contribution >= 0.6 is 31.9 Å². The number of carbonyl (C=O) groups excluding carboxylic acids is 3. The molecule has 2 fully saturated rings. The second-order valence-electron chi connectivity index (χ2n) is 12.4. The van der Waals surface area contributed by atoms with Crippen molar-refractivity contribution >= 4 is 55.7 Å². The highest BCUT2D eigenvalue weighted by atomic mass is 79.9. The van der Waals surface area contributed by atoms with Gasteiger partial charge in [0.15, 0.2) is 23.9 Å². The lowest BCUT2D eigenvalue weighted by Gasteiger charge is -2.47. The molecular weight excluding hydrogens is 766 g/mol. The average molecular weight is 804 g/mol. The fourth-order valence-corrected chi connectivity index (χ4v) is 7.06. The SMILES string of the molecule is COc1ccc([C@H]2C[C@H](OC(=O)c3ccc(Br)cc3)C[C@@H]3CCCCN32)cc1OC(=O)/C=C/c1ccc(OCC(=O)c2ccc(Br)cc2)cc1. The van der Waals surface area contributed by atoms with Gasteiger partial charge in [-0.2, -0.15) is 0 Å². The number of hydrogen-bond acceptors (Lipinski definition) is 8. The number of ether oxygens (including phenoxy) is 4. The Kier molecular flexibility index (Phi) is 11.8. The number of ketones is 1. The Balaban J connectivity index is 1.10. The van der Waals surface area contributed by atoms with Crippen molar-refractivity contribution in [2.45, 2.75) is 50.3 Å². The zero-order valence-electron chi connectivity index (χ0n) is 27.6. The predicted octanol–water partition coefficient (Wildman–Crippen LogP) is 9.02. The van der Waals surface area contributed by atoms with Crippen molar-refractivity contribution in [1.82, 2.24) is 4.90 Å². The third-order valence-electron chi connectivity index (χ3n) is 9.06. The zero-order chi connectivity index (χ0) is 35.0. The van der Waals surface area contributed by atoms with Gasteiger partial charge in [-0.25, -0.2) is 9.59 Å². The van der Waals surface area contributed by atoms with Gasteiger partial charge >= 0.3 is 11.9 Å². The maximum atomic E-state index is 13.0. The molecule has 0 N–H and O–H groups in total. The standard InChI is InChI=1S/C40H37Br2NO7/c1-47-37-19-12-29(35-24-34(23-32-4-2-3-21-43(32)35)49-40(46)28-10-15-31(42)16-11-28)22-38(37)50-39(45)20-7-26-5-17-33(18-6-26)48-25-36(44)27-8-13-30(41)14-9-27/h5-20,22,32,34-35H,2-4,21,23-25H2,1H3/b20-7+/t32-,34+,35+/m0/s1. The van der Waals surface area contributed by atoms with Crippen LogP contribution in [0.3, 0.4) is 0 Å². The Morgan fingerprint density at radius 2 is 1.52 bits per heavy atom. The van der Waals surface area contributed by atoms with E-state index in [1.807, 2.05) is 42.5 Å². The van der Waals surface area contributed by atoms with Gasteiger partial charge in [-0.05, 0) is 97.3 Å². The van der Waals surface area contributed by atoms with Crippen molar-refractivity contribution in [3.63, 3.8) is 0 Å². The lowest BCUT2D eigenvalue weighted by molar-refractivity contribution is -0.129. The number of fused-ring (bicyclic) bond motifs is 1. The summed E-state index contributed by atoms with van der Waals surface area (Å²) in [5.41, 5.74) is 2.83. The predicted molar refractivity (Wildman–Crippen MR) is 198 cm³/mol. The normalized spacial score (nSPS) is 19.0. The Bertz CT molecular complexity index is 1840. The first-order valence-corrected chi connectivity index (χ1v) is 18.2. The van der Waals surface area contributed by atoms with Gasteiger partial charge in [-0.3, -0.25) is 9.69 Å². The van der Waals surface area contributed by atoms with E-state index in [-0.39, 0.29) is 30.5 Å². The average Bonchev–Trinajstić information content (AvgIpc) is 3.13. The quantitative estimate of drug-likeness (QED) is 0.0643. The molecule has 0 radical (unpaired) electrons. The van der Waals surface area contributed by atoms with Crippen molar-refractivity contribution < 1.29 is 33.3 Å². The molecule has 4 aromatic carbocycles. The number of benzene rings is 4. The number of esters is 2. The molecule has 2 aliphatic heterocycles. The fourth-order valence-electron chi connectivity index (χ4n) is 6.53. The summed E-state index contributed by atoms with van der Waals surface area (Å²) in [4.78, 5) is 40.9. The number of carbonyl (C=O) groups is 3. The van der Waals surface area contributed by atoms with Crippen molar-refractivity contribution in [3.8, 4) is 17.2 Å². The van der Waals surface area contributed by atoms with Crippen molar-refractivity contribution in [2.75, 3.05) is 20.3 Å². The van der Waals surface area contributed by atoms with Crippen LogP contribution < -0.4 is 14.2 Å². The molecule has 0 unspecified atom stereocenters. The van der Waals surface area contributed by atoms with E-state index in [0.717, 1.165) is 52.3 Å². The molecular formula is C40H37Br2NO7. The van der Waals surface area contributed by atoms with Crippen LogP contribution in [-0.2, 0) is 9.53 Å². The first kappa shape index (κ1) is 35.6. The molecule has 0 bridgehead atoms. The minimum absolute atomic E-state index is 0.0124. The molecule has 0 spiro atoms. The summed E-state index contributed by atoms with van der Waals surface area (Å²) in [7, 11) is 1.54. The smallest absolute Gasteiger partial charge is 0.338 e. The monoisotopic (exact) mass is 801 g/mol. The first-order chi connectivity index (χ1) is 24.2. The number of piperidine rings is 2. The molecule has 0 aromatic heterocycles. The maximum Gasteiger partial charge on any atom is 0.338 e. The number of hydrogen-bond donors (Lipinski definition) is 0. The van der Waals surface area contributed by atoms with Crippen molar-refractivity contribution in [2.24, 2.45) is 0 Å². The highest BCUT2D eigenvalue weighted by molar-refractivity contribution is 9.10. The molecule has 2 saturated heterocycles. The summed E-state index contributed by atoms with van der Waals surface area (Å²) in [5.74, 6) is 0.307. The highest BCUT2D eigenvalue weighted by Gasteiger charge is 2.39. The lowest BCUT2D eigenvalue weighted by atomic mass is 9.84. The molecule has 10 heteroatoms. The van der Waals surface area contributed by atoms with Crippen LogP contribution in [0.25, 0.3) is 6.08 Å². The maximum absolute atomic E-state index is 13.0. The van der Waals surface area contributed by atoms with E-state index in [4.69, 9.17) is 18.9 Å². The highest BCUT2D eigenvalue weighted by Crippen LogP contribution is 2.42. The molecule has 0 saturated carbocycles. The van der Waals surface area contributed by atoms with Gasteiger partial charge in [0.2, 0.25) is 0 Å². The Morgan fingerprint density at radius 3 is 2.22 bits per heavy atom. The van der Waals surface area contributed by atoms with Crippen LogP contribution in [0.1, 0.15) is 70.0 Å². The van der Waals surface area contributed by atoms with E-state index in [1.54, 1.807) is 54.6 Å². The Labute approximate surface area is 308 Å². The number of halogens is 2. The van der Waals surface area contributed by atoms with Gasteiger partial charge in [-0.1, -0.05) is 68.6 Å². The molecule has 50 heavy (non-hydrogen) atoms. The molecule has 258 valence electrons. The molecule has 8 nitrogen and oxygen atoms in total. The summed E-state index contributed by atoms with van der Waals surface area (Å²) in [6.07, 6.45) is 7.49. The van der Waals surface area contributed by atoms with E-state index < -0.39 is 5.97 Å². The summed E-state index contributed by atoms with van der Waals surface area (Å²) in [6, 6.07) is 27.4. The molecule has 2 aliphatic rings. The fraction of sp³-hybridized carbons (Fsp3) is 0.275. The molecule has 0 amide bonds. The van der Waals surface area contributed by atoms with Crippen LogP contribution in [0.15, 0.2) is 106 Å². The summed E-state index contributed by atoms with van der Waals surface area (Å²) in [5, 5.41) is 0. The van der Waals surface area contributed by atoms with Crippen LogP contribution in [0.5, 0.6) is 17.2 Å². The van der Waals surface area contributed by atoms with Gasteiger partial charge in [0, 0.05) is 45.5 Å². The minimum atomic E-state index is -0.554. The number of methoxy groups -OCH3 is 1. The Hall–Kier alpha value is -4.25. The molecule has 4 aromatic rings. The summed E-state index contributed by atoms with van der Waals surface area (Å²) in [6.45, 7) is 0.874. The van der Waals surface area contributed by atoms with E-state index >= 15 is 0 Å². The third-order valence-corrected chi connectivity index (χ3v) is 10.1. The molecule has 3 atom stereocenters. The minimum Gasteiger partial charge on any atom is -0.493 e. The van der Waals surface area contributed by atoms with Crippen molar-refractivity contribution in [1.29, 1.82) is 0 Å². The van der Waals surface area contributed by atoms with E-state index in [9.17, 15) is 14.4 Å². The van der Waals surface area contributed by atoms with Crippen LogP contribution in [-0.4, -0.2) is 55.0 Å². The number of rotatable bonds is 11. The molecule has 2 heterocycles. The van der Waals surface area contributed by atoms with E-state index in [1.165, 1.54) is 13.2 Å². The lowest BCUT2D eigenvalue weighted by Crippen LogP contribution is -2.49. The molecule has 0 aliphatic carbocycles. The van der Waals surface area contributed by atoms with Crippen LogP contribution in [0.4, 0.5) is 0 Å². The first-order valence-electron chi connectivity index (χ1n) is 16.6. The van der Waals surface area contributed by atoms with Crippen LogP contribution in [0, 0.1) is 0 Å². The van der Waals surface area contributed by atoms with E-state index in [0.29, 0.717) is 40.8 Å². The zero-order valence-corrected chi connectivity index (χ0v) is 30.7. The topological polar surface area (TPSA) is 91.4 Å². The van der Waals surface area contributed by atoms with Gasteiger partial charge in [-0.15, -0.1) is 0 Å². The van der Waals surface area contributed by atoms with Crippen molar-refractivity contribution in [3.05, 3.63) is 128 Å². The van der Waals surface area contributed by atoms with Gasteiger partial charge in [0.05, 0.1) is 12.7 Å². The van der Waals surface area contributed by atoms with Gasteiger partial charge in [0.1, 0.15) is 11.9 Å². The third kappa shape index (κ3) is 9.10. The van der Waals surface area contributed by atoms with E-state index in [2.05, 4.69) is 36.8 Å².